The lowest BCUT2D eigenvalue weighted by atomic mass is 9.76. The minimum absolute atomic E-state index is 0.0295. The van der Waals surface area contributed by atoms with Gasteiger partial charge < -0.3 is 9.47 Å². The number of hydrogen-bond acceptors (Lipinski definition) is 4. The Bertz CT molecular complexity index is 305. The van der Waals surface area contributed by atoms with Gasteiger partial charge in [0.25, 0.3) is 0 Å². The Balaban J connectivity index is 2.04. The third kappa shape index (κ3) is 3.73. The molecule has 1 aliphatic carbocycles. The number of hydrogen-bond donors (Lipinski definition) is 0. The minimum Gasteiger partial charge on any atom is -0.466 e. The number of rotatable bonds is 5. The molecule has 1 saturated carbocycles. The van der Waals surface area contributed by atoms with E-state index in [0.717, 1.165) is 38.8 Å². The number of piperidine rings is 1. The number of carbonyl (C=O) groups is 1. The molecule has 20 heavy (non-hydrogen) atoms. The van der Waals surface area contributed by atoms with E-state index in [1.807, 2.05) is 6.92 Å². The van der Waals surface area contributed by atoms with Gasteiger partial charge in [-0.15, -0.1) is 0 Å². The molecule has 2 rings (SSSR count). The second-order valence-electron chi connectivity index (χ2n) is 6.19. The standard InChI is InChI=1S/C16H29NO3/c1-3-20-15(18)13-16(17-11-5-4-6-12-17)9-7-14(19-2)8-10-16/h14H,3-13H2,1-2H3. The number of esters is 1. The van der Waals surface area contributed by atoms with Crippen molar-refractivity contribution >= 4 is 5.97 Å². The predicted molar refractivity (Wildman–Crippen MR) is 78.7 cm³/mol. The van der Waals surface area contributed by atoms with Crippen LogP contribution in [0.2, 0.25) is 0 Å². The van der Waals surface area contributed by atoms with E-state index in [2.05, 4.69) is 4.90 Å². The van der Waals surface area contributed by atoms with Crippen LogP contribution >= 0.6 is 0 Å². The van der Waals surface area contributed by atoms with Crippen LogP contribution in [0.1, 0.15) is 58.3 Å². The molecule has 0 radical (unpaired) electrons. The molecule has 4 nitrogen and oxygen atoms in total. The molecule has 4 heteroatoms. The summed E-state index contributed by atoms with van der Waals surface area (Å²) < 4.78 is 10.7. The zero-order valence-corrected chi connectivity index (χ0v) is 13.0. The van der Waals surface area contributed by atoms with Crippen molar-refractivity contribution in [2.75, 3.05) is 26.8 Å². The first-order chi connectivity index (χ1) is 9.70. The Kier molecular flexibility index (Phi) is 5.85. The molecule has 0 unspecified atom stereocenters. The Labute approximate surface area is 122 Å². The SMILES string of the molecule is CCOC(=O)CC1(N2CCCCC2)CCC(OC)CC1. The zero-order chi connectivity index (χ0) is 14.4. The van der Waals surface area contributed by atoms with Crippen molar-refractivity contribution in [3.8, 4) is 0 Å². The van der Waals surface area contributed by atoms with Crippen LogP contribution in [0, 0.1) is 0 Å². The molecule has 1 aliphatic heterocycles. The van der Waals surface area contributed by atoms with Crippen molar-refractivity contribution in [2.45, 2.75) is 69.9 Å². The molecule has 0 aromatic rings. The molecule has 2 fully saturated rings. The monoisotopic (exact) mass is 283 g/mol. The van der Waals surface area contributed by atoms with Crippen molar-refractivity contribution in [3.05, 3.63) is 0 Å². The maximum atomic E-state index is 12.0. The van der Waals surface area contributed by atoms with E-state index in [1.165, 1.54) is 19.3 Å². The molecule has 116 valence electrons. The van der Waals surface area contributed by atoms with Crippen LogP contribution in [0.5, 0.6) is 0 Å². The molecule has 0 aromatic carbocycles. The van der Waals surface area contributed by atoms with Crippen LogP contribution < -0.4 is 0 Å². The molecule has 0 spiro atoms. The fraction of sp³-hybridized carbons (Fsp3) is 0.938. The third-order valence-electron chi connectivity index (χ3n) is 5.00. The number of likely N-dealkylation sites (tertiary alicyclic amines) is 1. The lowest BCUT2D eigenvalue weighted by molar-refractivity contribution is -0.148. The quantitative estimate of drug-likeness (QED) is 0.727. The molecule has 0 bridgehead atoms. The first-order valence-corrected chi connectivity index (χ1v) is 8.13. The molecule has 0 N–H and O–H groups in total. The Morgan fingerprint density at radius 2 is 1.85 bits per heavy atom. The maximum absolute atomic E-state index is 12.0. The summed E-state index contributed by atoms with van der Waals surface area (Å²) in [5, 5.41) is 0. The first-order valence-electron chi connectivity index (χ1n) is 8.13. The second-order valence-corrected chi connectivity index (χ2v) is 6.19. The first kappa shape index (κ1) is 15.8. The van der Waals surface area contributed by atoms with Crippen molar-refractivity contribution in [1.82, 2.24) is 4.90 Å². The minimum atomic E-state index is -0.0334. The smallest absolute Gasteiger partial charge is 0.307 e. The molecular formula is C16H29NO3. The van der Waals surface area contributed by atoms with Crippen LogP contribution in [0.3, 0.4) is 0 Å². The van der Waals surface area contributed by atoms with E-state index in [4.69, 9.17) is 9.47 Å². The highest BCUT2D eigenvalue weighted by Crippen LogP contribution is 2.39. The molecule has 1 saturated heterocycles. The highest BCUT2D eigenvalue weighted by Gasteiger charge is 2.42. The summed E-state index contributed by atoms with van der Waals surface area (Å²) in [6.45, 7) is 4.64. The van der Waals surface area contributed by atoms with E-state index in [0.29, 0.717) is 19.1 Å². The largest absolute Gasteiger partial charge is 0.466 e. The Morgan fingerprint density at radius 1 is 1.20 bits per heavy atom. The van der Waals surface area contributed by atoms with Gasteiger partial charge in [-0.3, -0.25) is 9.69 Å². The van der Waals surface area contributed by atoms with Gasteiger partial charge in [0.2, 0.25) is 0 Å². The van der Waals surface area contributed by atoms with Gasteiger partial charge in [0, 0.05) is 12.6 Å². The fourth-order valence-electron chi connectivity index (χ4n) is 3.82. The summed E-state index contributed by atoms with van der Waals surface area (Å²) in [6.07, 6.45) is 9.02. The van der Waals surface area contributed by atoms with Crippen LogP contribution in [-0.2, 0) is 14.3 Å². The number of nitrogens with zero attached hydrogens (tertiary/aromatic N) is 1. The van der Waals surface area contributed by atoms with Gasteiger partial charge in [-0.05, 0) is 58.5 Å². The third-order valence-corrected chi connectivity index (χ3v) is 5.00. The molecular weight excluding hydrogens is 254 g/mol. The number of methoxy groups -OCH3 is 1. The van der Waals surface area contributed by atoms with E-state index >= 15 is 0 Å². The molecule has 1 heterocycles. The zero-order valence-electron chi connectivity index (χ0n) is 13.0. The van der Waals surface area contributed by atoms with Crippen molar-refractivity contribution < 1.29 is 14.3 Å². The molecule has 0 aromatic heterocycles. The lowest BCUT2D eigenvalue weighted by Gasteiger charge is -2.49. The molecule has 0 atom stereocenters. The van der Waals surface area contributed by atoms with Gasteiger partial charge in [-0.1, -0.05) is 6.42 Å². The van der Waals surface area contributed by atoms with Gasteiger partial charge in [0.1, 0.15) is 0 Å². The van der Waals surface area contributed by atoms with Crippen molar-refractivity contribution in [2.24, 2.45) is 0 Å². The second kappa shape index (κ2) is 7.41. The molecule has 2 aliphatic rings. The Hall–Kier alpha value is -0.610. The van der Waals surface area contributed by atoms with Crippen LogP contribution in [0.15, 0.2) is 0 Å². The van der Waals surface area contributed by atoms with Gasteiger partial charge in [0.05, 0.1) is 19.1 Å². The fourth-order valence-corrected chi connectivity index (χ4v) is 3.82. The summed E-state index contributed by atoms with van der Waals surface area (Å²) in [7, 11) is 1.80. The highest BCUT2D eigenvalue weighted by molar-refractivity contribution is 5.71. The topological polar surface area (TPSA) is 38.8 Å². The average Bonchev–Trinajstić information content (AvgIpc) is 2.49. The van der Waals surface area contributed by atoms with Crippen LogP contribution in [-0.4, -0.2) is 49.3 Å². The molecule has 0 amide bonds. The highest BCUT2D eigenvalue weighted by atomic mass is 16.5. The summed E-state index contributed by atoms with van der Waals surface area (Å²) in [6, 6.07) is 0. The normalized spacial score (nSPS) is 32.0. The van der Waals surface area contributed by atoms with Crippen molar-refractivity contribution in [1.29, 1.82) is 0 Å². The van der Waals surface area contributed by atoms with E-state index in [1.54, 1.807) is 7.11 Å². The van der Waals surface area contributed by atoms with E-state index < -0.39 is 0 Å². The summed E-state index contributed by atoms with van der Waals surface area (Å²) in [5.74, 6) is -0.0334. The summed E-state index contributed by atoms with van der Waals surface area (Å²) in [4.78, 5) is 14.6. The maximum Gasteiger partial charge on any atom is 0.307 e. The van der Waals surface area contributed by atoms with Crippen LogP contribution in [0.25, 0.3) is 0 Å². The predicted octanol–water partition coefficient (Wildman–Crippen LogP) is 2.75. The lowest BCUT2D eigenvalue weighted by Crippen LogP contribution is -2.54. The van der Waals surface area contributed by atoms with E-state index in [9.17, 15) is 4.79 Å². The number of ether oxygens (including phenoxy) is 2. The van der Waals surface area contributed by atoms with Crippen LogP contribution in [0.4, 0.5) is 0 Å². The van der Waals surface area contributed by atoms with E-state index in [-0.39, 0.29) is 11.5 Å². The van der Waals surface area contributed by atoms with Gasteiger partial charge in [-0.25, -0.2) is 0 Å². The summed E-state index contributed by atoms with van der Waals surface area (Å²) >= 11 is 0. The average molecular weight is 283 g/mol. The van der Waals surface area contributed by atoms with Gasteiger partial charge in [0.15, 0.2) is 0 Å². The number of carbonyl (C=O) groups excluding carboxylic acids is 1. The Morgan fingerprint density at radius 3 is 2.40 bits per heavy atom. The van der Waals surface area contributed by atoms with Gasteiger partial charge in [-0.2, -0.15) is 0 Å². The van der Waals surface area contributed by atoms with Gasteiger partial charge >= 0.3 is 5.97 Å². The van der Waals surface area contributed by atoms with Crippen molar-refractivity contribution in [3.63, 3.8) is 0 Å². The summed E-state index contributed by atoms with van der Waals surface area (Å²) in [5.41, 5.74) is 0.0295.